The Hall–Kier alpha value is -1.58. The van der Waals surface area contributed by atoms with Gasteiger partial charge in [0.2, 0.25) is 0 Å². The average Bonchev–Trinajstić information content (AvgIpc) is 2.60. The minimum Gasteiger partial charge on any atom is -0.441 e. The average molecular weight is 194 g/mol. The summed E-state index contributed by atoms with van der Waals surface area (Å²) >= 11 is 0. The number of hydrogen-bond acceptors (Lipinski definition) is 3. The first-order valence-corrected chi connectivity index (χ1v) is 4.47. The Morgan fingerprint density at radius 2 is 2.43 bits per heavy atom. The summed E-state index contributed by atoms with van der Waals surface area (Å²) in [7, 11) is 0. The molecular weight excluding hydrogens is 180 g/mol. The summed E-state index contributed by atoms with van der Waals surface area (Å²) in [5.74, 6) is 0.528. The maximum Gasteiger partial charge on any atom is 0.334 e. The van der Waals surface area contributed by atoms with Gasteiger partial charge in [-0.2, -0.15) is 0 Å². The molecule has 1 aromatic heterocycles. The summed E-state index contributed by atoms with van der Waals surface area (Å²) in [6.07, 6.45) is 4.29. The highest BCUT2D eigenvalue weighted by Crippen LogP contribution is 2.00. The van der Waals surface area contributed by atoms with Crippen molar-refractivity contribution in [2.45, 2.75) is 27.0 Å². The molecule has 1 heterocycles. The lowest BCUT2D eigenvalue weighted by molar-refractivity contribution is -0.142. The number of imidazole rings is 1. The SMILES string of the molecule is C=C(C)C(=O)OCn1ccnc1CC. The lowest BCUT2D eigenvalue weighted by atomic mass is 10.4. The molecule has 1 rings (SSSR count). The molecule has 14 heavy (non-hydrogen) atoms. The van der Waals surface area contributed by atoms with E-state index in [9.17, 15) is 4.79 Å². The van der Waals surface area contributed by atoms with Gasteiger partial charge in [-0.15, -0.1) is 0 Å². The van der Waals surface area contributed by atoms with Crippen LogP contribution in [0.4, 0.5) is 0 Å². The molecule has 0 unspecified atom stereocenters. The molecule has 0 aliphatic heterocycles. The summed E-state index contributed by atoms with van der Waals surface area (Å²) in [5.41, 5.74) is 0.406. The summed E-state index contributed by atoms with van der Waals surface area (Å²) in [6.45, 7) is 7.32. The fourth-order valence-corrected chi connectivity index (χ4v) is 1.02. The van der Waals surface area contributed by atoms with Crippen molar-refractivity contribution < 1.29 is 9.53 Å². The van der Waals surface area contributed by atoms with Crippen LogP contribution in [0.1, 0.15) is 19.7 Å². The van der Waals surface area contributed by atoms with Crippen molar-refractivity contribution in [1.82, 2.24) is 9.55 Å². The molecule has 0 amide bonds. The second-order valence-electron chi connectivity index (χ2n) is 3.01. The van der Waals surface area contributed by atoms with E-state index in [1.54, 1.807) is 23.9 Å². The van der Waals surface area contributed by atoms with Gasteiger partial charge in [0, 0.05) is 24.4 Å². The first-order valence-electron chi connectivity index (χ1n) is 4.47. The summed E-state index contributed by atoms with van der Waals surface area (Å²) in [5, 5.41) is 0. The van der Waals surface area contributed by atoms with E-state index in [0.29, 0.717) is 5.57 Å². The van der Waals surface area contributed by atoms with Gasteiger partial charge in [0.1, 0.15) is 5.82 Å². The van der Waals surface area contributed by atoms with Crippen molar-refractivity contribution in [2.75, 3.05) is 0 Å². The Kier molecular flexibility index (Phi) is 3.45. The van der Waals surface area contributed by atoms with Crippen molar-refractivity contribution >= 4 is 5.97 Å². The lowest BCUT2D eigenvalue weighted by Crippen LogP contribution is -2.11. The third-order valence-electron chi connectivity index (χ3n) is 1.80. The monoisotopic (exact) mass is 194 g/mol. The second-order valence-corrected chi connectivity index (χ2v) is 3.01. The number of rotatable bonds is 4. The Morgan fingerprint density at radius 1 is 1.71 bits per heavy atom. The van der Waals surface area contributed by atoms with E-state index in [4.69, 9.17) is 4.74 Å². The zero-order valence-corrected chi connectivity index (χ0v) is 8.49. The molecule has 0 spiro atoms. The van der Waals surface area contributed by atoms with Crippen LogP contribution in [0.15, 0.2) is 24.5 Å². The van der Waals surface area contributed by atoms with E-state index in [1.807, 2.05) is 6.92 Å². The number of hydrogen-bond donors (Lipinski definition) is 0. The van der Waals surface area contributed by atoms with Crippen molar-refractivity contribution in [3.63, 3.8) is 0 Å². The molecule has 0 radical (unpaired) electrons. The Balaban J connectivity index is 2.53. The van der Waals surface area contributed by atoms with Gasteiger partial charge in [-0.1, -0.05) is 13.5 Å². The van der Waals surface area contributed by atoms with Gasteiger partial charge >= 0.3 is 5.97 Å². The highest BCUT2D eigenvalue weighted by molar-refractivity contribution is 5.86. The molecule has 0 N–H and O–H groups in total. The number of aryl methyl sites for hydroxylation is 1. The zero-order chi connectivity index (χ0) is 10.6. The predicted molar refractivity (Wildman–Crippen MR) is 52.5 cm³/mol. The normalized spacial score (nSPS) is 9.86. The first kappa shape index (κ1) is 10.5. The lowest BCUT2D eigenvalue weighted by Gasteiger charge is -2.07. The van der Waals surface area contributed by atoms with E-state index in [1.165, 1.54) is 0 Å². The number of carbonyl (C=O) groups is 1. The maximum absolute atomic E-state index is 11.1. The molecule has 0 fully saturated rings. The van der Waals surface area contributed by atoms with Crippen LogP contribution in [-0.4, -0.2) is 15.5 Å². The van der Waals surface area contributed by atoms with E-state index >= 15 is 0 Å². The van der Waals surface area contributed by atoms with Crippen molar-refractivity contribution in [2.24, 2.45) is 0 Å². The van der Waals surface area contributed by atoms with Crippen LogP contribution in [0.25, 0.3) is 0 Å². The van der Waals surface area contributed by atoms with E-state index in [2.05, 4.69) is 11.6 Å². The summed E-state index contributed by atoms with van der Waals surface area (Å²) in [6, 6.07) is 0. The van der Waals surface area contributed by atoms with Crippen molar-refractivity contribution in [3.8, 4) is 0 Å². The fraction of sp³-hybridized carbons (Fsp3) is 0.400. The maximum atomic E-state index is 11.1. The Morgan fingerprint density at radius 3 is 3.00 bits per heavy atom. The Bertz CT molecular complexity index is 342. The van der Waals surface area contributed by atoms with Gasteiger partial charge in [-0.3, -0.25) is 0 Å². The van der Waals surface area contributed by atoms with Crippen molar-refractivity contribution in [3.05, 3.63) is 30.4 Å². The van der Waals surface area contributed by atoms with Crippen LogP contribution in [0.5, 0.6) is 0 Å². The van der Waals surface area contributed by atoms with Crippen LogP contribution in [0, 0.1) is 0 Å². The minimum absolute atomic E-state index is 0.203. The molecule has 4 nitrogen and oxygen atoms in total. The van der Waals surface area contributed by atoms with Gasteiger partial charge < -0.3 is 9.30 Å². The number of aromatic nitrogens is 2. The van der Waals surface area contributed by atoms with Crippen LogP contribution in [0.3, 0.4) is 0 Å². The fourth-order valence-electron chi connectivity index (χ4n) is 1.02. The van der Waals surface area contributed by atoms with Crippen molar-refractivity contribution in [1.29, 1.82) is 0 Å². The molecule has 0 atom stereocenters. The highest BCUT2D eigenvalue weighted by Gasteiger charge is 2.04. The van der Waals surface area contributed by atoms with Crippen LogP contribution >= 0.6 is 0 Å². The largest absolute Gasteiger partial charge is 0.441 e. The third kappa shape index (κ3) is 2.45. The molecule has 0 aliphatic carbocycles. The first-order chi connectivity index (χ1) is 6.65. The molecule has 76 valence electrons. The topological polar surface area (TPSA) is 44.1 Å². The van der Waals surface area contributed by atoms with Crippen LogP contribution in [-0.2, 0) is 22.7 Å². The molecule has 0 aliphatic rings. The second kappa shape index (κ2) is 4.60. The van der Waals surface area contributed by atoms with E-state index in [0.717, 1.165) is 12.2 Å². The number of carbonyl (C=O) groups excluding carboxylic acids is 1. The molecule has 1 aromatic rings. The van der Waals surface area contributed by atoms with Gasteiger partial charge in [0.15, 0.2) is 6.73 Å². The molecule has 0 saturated heterocycles. The highest BCUT2D eigenvalue weighted by atomic mass is 16.5. The number of ether oxygens (including phenoxy) is 1. The molecule has 0 saturated carbocycles. The van der Waals surface area contributed by atoms with E-state index in [-0.39, 0.29) is 12.7 Å². The predicted octanol–water partition coefficient (Wildman–Crippen LogP) is 1.52. The molecular formula is C10H14N2O2. The van der Waals surface area contributed by atoms with Gasteiger partial charge in [0.05, 0.1) is 0 Å². The molecule has 0 bridgehead atoms. The van der Waals surface area contributed by atoms with Gasteiger partial charge in [-0.25, -0.2) is 9.78 Å². The van der Waals surface area contributed by atoms with Crippen LogP contribution in [0.2, 0.25) is 0 Å². The Labute approximate surface area is 83.2 Å². The van der Waals surface area contributed by atoms with E-state index < -0.39 is 0 Å². The zero-order valence-electron chi connectivity index (χ0n) is 8.49. The molecule has 4 heteroatoms. The number of esters is 1. The van der Waals surface area contributed by atoms with Gasteiger partial charge in [-0.05, 0) is 6.92 Å². The minimum atomic E-state index is -0.374. The summed E-state index contributed by atoms with van der Waals surface area (Å²) in [4.78, 5) is 15.2. The quantitative estimate of drug-likeness (QED) is 0.539. The summed E-state index contributed by atoms with van der Waals surface area (Å²) < 4.78 is 6.77. The van der Waals surface area contributed by atoms with Crippen LogP contribution < -0.4 is 0 Å². The van der Waals surface area contributed by atoms with Gasteiger partial charge in [0.25, 0.3) is 0 Å². The smallest absolute Gasteiger partial charge is 0.334 e. The standard InChI is InChI=1S/C10H14N2O2/c1-4-9-11-5-6-12(9)7-14-10(13)8(2)3/h5-6H,2,4,7H2,1,3H3. The number of nitrogens with zero attached hydrogens (tertiary/aromatic N) is 2. The third-order valence-corrected chi connectivity index (χ3v) is 1.80. The molecule has 0 aromatic carbocycles.